The molecule has 0 aromatic heterocycles. The Balaban J connectivity index is 1.84. The van der Waals surface area contributed by atoms with Crippen LogP contribution in [-0.2, 0) is 0 Å². The van der Waals surface area contributed by atoms with Gasteiger partial charge in [0.2, 0.25) is 0 Å². The minimum atomic E-state index is 0.256. The molecule has 1 saturated carbocycles. The van der Waals surface area contributed by atoms with Gasteiger partial charge in [0.05, 0.1) is 10.0 Å². The van der Waals surface area contributed by atoms with E-state index in [9.17, 15) is 0 Å². The van der Waals surface area contributed by atoms with E-state index in [4.69, 9.17) is 23.2 Å². The molecule has 20 heavy (non-hydrogen) atoms. The van der Waals surface area contributed by atoms with Gasteiger partial charge in [-0.25, -0.2) is 0 Å². The Morgan fingerprint density at radius 2 is 1.80 bits per heavy atom. The third-order valence-electron chi connectivity index (χ3n) is 4.12. The average molecular weight is 306 g/mol. The summed E-state index contributed by atoms with van der Waals surface area (Å²) in [6.07, 6.45) is 1.19. The second kappa shape index (κ2) is 5.77. The highest BCUT2D eigenvalue weighted by Crippen LogP contribution is 2.54. The van der Waals surface area contributed by atoms with Crippen LogP contribution in [0.4, 0.5) is 0 Å². The minimum Gasteiger partial charge on any atom is -0.313 e. The van der Waals surface area contributed by atoms with Crippen LogP contribution in [0.2, 0.25) is 10.0 Å². The van der Waals surface area contributed by atoms with Gasteiger partial charge in [-0.15, -0.1) is 0 Å². The molecule has 0 aliphatic heterocycles. The lowest BCUT2D eigenvalue weighted by molar-refractivity contribution is 0.518. The van der Waals surface area contributed by atoms with E-state index in [-0.39, 0.29) is 6.04 Å². The third kappa shape index (κ3) is 2.58. The Kier molecular flexibility index (Phi) is 4.02. The topological polar surface area (TPSA) is 12.0 Å². The Bertz CT molecular complexity index is 597. The van der Waals surface area contributed by atoms with E-state index in [1.807, 2.05) is 19.2 Å². The number of nitrogens with one attached hydrogen (secondary N) is 1. The molecule has 0 amide bonds. The molecule has 3 rings (SSSR count). The van der Waals surface area contributed by atoms with Gasteiger partial charge in [0, 0.05) is 6.04 Å². The first-order valence-corrected chi connectivity index (χ1v) is 7.64. The summed E-state index contributed by atoms with van der Waals surface area (Å²) in [5.41, 5.74) is 2.51. The van der Waals surface area contributed by atoms with Crippen molar-refractivity contribution in [2.75, 3.05) is 7.05 Å². The smallest absolute Gasteiger partial charge is 0.0640 e. The lowest BCUT2D eigenvalue weighted by atomic mass is 9.99. The van der Waals surface area contributed by atoms with E-state index in [0.29, 0.717) is 21.9 Å². The number of benzene rings is 2. The molecule has 1 aliphatic rings. The number of hydrogen-bond donors (Lipinski definition) is 1. The molecule has 1 fully saturated rings. The highest BCUT2D eigenvalue weighted by molar-refractivity contribution is 6.42. The molecule has 0 heterocycles. The summed E-state index contributed by atoms with van der Waals surface area (Å²) >= 11 is 12.5. The van der Waals surface area contributed by atoms with E-state index in [1.54, 1.807) is 0 Å². The van der Waals surface area contributed by atoms with Crippen molar-refractivity contribution in [3.8, 4) is 0 Å². The zero-order valence-corrected chi connectivity index (χ0v) is 12.8. The van der Waals surface area contributed by atoms with Crippen molar-refractivity contribution in [2.45, 2.75) is 18.4 Å². The molecule has 3 atom stereocenters. The maximum Gasteiger partial charge on any atom is 0.0640 e. The van der Waals surface area contributed by atoms with Gasteiger partial charge in [-0.1, -0.05) is 65.7 Å². The predicted molar refractivity (Wildman–Crippen MR) is 85.6 cm³/mol. The molecule has 0 spiro atoms. The molecule has 2 aromatic rings. The quantitative estimate of drug-likeness (QED) is 0.832. The summed E-state index contributed by atoms with van der Waals surface area (Å²) in [4.78, 5) is 0. The maximum absolute atomic E-state index is 6.36. The third-order valence-corrected chi connectivity index (χ3v) is 4.96. The summed E-state index contributed by atoms with van der Waals surface area (Å²) in [6.45, 7) is 0. The van der Waals surface area contributed by atoms with Crippen molar-refractivity contribution in [1.82, 2.24) is 5.32 Å². The van der Waals surface area contributed by atoms with Crippen LogP contribution >= 0.6 is 23.2 Å². The van der Waals surface area contributed by atoms with E-state index in [2.05, 4.69) is 41.7 Å². The summed E-state index contributed by atoms with van der Waals surface area (Å²) in [7, 11) is 1.99. The van der Waals surface area contributed by atoms with Crippen LogP contribution in [0.5, 0.6) is 0 Å². The van der Waals surface area contributed by atoms with Gasteiger partial charge in [0.25, 0.3) is 0 Å². The van der Waals surface area contributed by atoms with Crippen LogP contribution in [0, 0.1) is 5.92 Å². The molecule has 1 aliphatic carbocycles. The van der Waals surface area contributed by atoms with Crippen molar-refractivity contribution in [1.29, 1.82) is 0 Å². The molecular weight excluding hydrogens is 289 g/mol. The van der Waals surface area contributed by atoms with Crippen LogP contribution in [0.3, 0.4) is 0 Å². The van der Waals surface area contributed by atoms with Crippen LogP contribution in [-0.4, -0.2) is 7.05 Å². The van der Waals surface area contributed by atoms with Gasteiger partial charge in [0.15, 0.2) is 0 Å². The monoisotopic (exact) mass is 305 g/mol. The van der Waals surface area contributed by atoms with Crippen LogP contribution in [0.15, 0.2) is 48.5 Å². The van der Waals surface area contributed by atoms with E-state index >= 15 is 0 Å². The number of rotatable bonds is 4. The summed E-state index contributed by atoms with van der Waals surface area (Å²) in [6, 6.07) is 16.8. The first kappa shape index (κ1) is 13.9. The normalized spacial score (nSPS) is 22.6. The SMILES string of the molecule is CNC(c1cccc(Cl)c1Cl)C1CC1c1ccccc1. The molecule has 0 radical (unpaired) electrons. The average Bonchev–Trinajstić information content (AvgIpc) is 3.26. The van der Waals surface area contributed by atoms with Crippen LogP contribution in [0.25, 0.3) is 0 Å². The second-order valence-corrected chi connectivity index (χ2v) is 6.11. The minimum absolute atomic E-state index is 0.256. The van der Waals surface area contributed by atoms with E-state index in [1.165, 1.54) is 12.0 Å². The Morgan fingerprint density at radius 1 is 1.05 bits per heavy atom. The van der Waals surface area contributed by atoms with E-state index < -0.39 is 0 Å². The van der Waals surface area contributed by atoms with Gasteiger partial charge < -0.3 is 5.32 Å². The number of hydrogen-bond acceptors (Lipinski definition) is 1. The number of halogens is 2. The lowest BCUT2D eigenvalue weighted by Crippen LogP contribution is -2.19. The molecular formula is C17H17Cl2N. The highest BCUT2D eigenvalue weighted by Gasteiger charge is 2.44. The first-order valence-electron chi connectivity index (χ1n) is 6.88. The fourth-order valence-corrected chi connectivity index (χ4v) is 3.45. The summed E-state index contributed by atoms with van der Waals surface area (Å²) in [5.74, 6) is 1.20. The second-order valence-electron chi connectivity index (χ2n) is 5.33. The Labute approximate surface area is 129 Å². The molecule has 3 heteroatoms. The van der Waals surface area contributed by atoms with Crippen molar-refractivity contribution in [2.24, 2.45) is 5.92 Å². The molecule has 1 nitrogen and oxygen atoms in total. The van der Waals surface area contributed by atoms with Crippen molar-refractivity contribution in [3.05, 3.63) is 69.7 Å². The molecule has 0 bridgehead atoms. The van der Waals surface area contributed by atoms with Crippen molar-refractivity contribution in [3.63, 3.8) is 0 Å². The zero-order chi connectivity index (χ0) is 14.1. The molecule has 3 unspecified atom stereocenters. The summed E-state index contributed by atoms with van der Waals surface area (Å²) < 4.78 is 0. The van der Waals surface area contributed by atoms with Crippen LogP contribution < -0.4 is 5.32 Å². The molecule has 104 valence electrons. The first-order chi connectivity index (χ1) is 9.72. The molecule has 0 saturated heterocycles. The van der Waals surface area contributed by atoms with E-state index in [0.717, 1.165) is 5.56 Å². The lowest BCUT2D eigenvalue weighted by Gasteiger charge is -2.19. The molecule has 1 N–H and O–H groups in total. The fraction of sp³-hybridized carbons (Fsp3) is 0.294. The Hall–Kier alpha value is -1.02. The van der Waals surface area contributed by atoms with Gasteiger partial charge >= 0.3 is 0 Å². The van der Waals surface area contributed by atoms with Gasteiger partial charge in [-0.3, -0.25) is 0 Å². The molecule has 2 aromatic carbocycles. The summed E-state index contributed by atoms with van der Waals surface area (Å²) in [5, 5.41) is 4.70. The largest absolute Gasteiger partial charge is 0.313 e. The van der Waals surface area contributed by atoms with Crippen LogP contribution in [0.1, 0.15) is 29.5 Å². The van der Waals surface area contributed by atoms with Gasteiger partial charge in [0.1, 0.15) is 0 Å². The standard InChI is InChI=1S/C17H17Cl2N/c1-20-17(12-8-5-9-15(18)16(12)19)14-10-13(14)11-6-3-2-4-7-11/h2-9,13-14,17,20H,10H2,1H3. The van der Waals surface area contributed by atoms with Gasteiger partial charge in [-0.2, -0.15) is 0 Å². The maximum atomic E-state index is 6.36. The zero-order valence-electron chi connectivity index (χ0n) is 11.3. The Morgan fingerprint density at radius 3 is 2.50 bits per heavy atom. The van der Waals surface area contributed by atoms with Crippen molar-refractivity contribution < 1.29 is 0 Å². The van der Waals surface area contributed by atoms with Crippen molar-refractivity contribution >= 4 is 23.2 Å². The predicted octanol–water partition coefficient (Wildman–Crippen LogP) is 5.06. The van der Waals surface area contributed by atoms with Gasteiger partial charge in [-0.05, 0) is 42.5 Å². The fourth-order valence-electron chi connectivity index (χ4n) is 3.03. The highest BCUT2D eigenvalue weighted by atomic mass is 35.5.